The summed E-state index contributed by atoms with van der Waals surface area (Å²) in [6.45, 7) is 0.704. The summed E-state index contributed by atoms with van der Waals surface area (Å²) < 4.78 is 28.5. The SMILES string of the molecule is NCCNC(=O)Nc1ccc(-c2ccc(S(=O)(=O)NC(CC(=O)O)c3ccccc3)s2)cc1. The number of carbonyl (C=O) groups is 2. The van der Waals surface area contributed by atoms with Crippen molar-refractivity contribution in [3.8, 4) is 10.4 Å². The first-order valence-corrected chi connectivity index (χ1v) is 12.3. The fourth-order valence-electron chi connectivity index (χ4n) is 3.03. The van der Waals surface area contributed by atoms with E-state index in [1.165, 1.54) is 6.07 Å². The molecule has 174 valence electrons. The lowest BCUT2D eigenvalue weighted by Gasteiger charge is -2.16. The standard InChI is InChI=1S/C22H24N4O5S2/c23-12-13-24-22(29)25-17-8-6-16(7-9-17)19-10-11-21(32-19)33(30,31)26-18(14-20(27)28)15-4-2-1-3-5-15/h1-11,18,26H,12-14,23H2,(H,27,28)(H2,24,25,29). The highest BCUT2D eigenvalue weighted by molar-refractivity contribution is 7.91. The van der Waals surface area contributed by atoms with Crippen molar-refractivity contribution < 1.29 is 23.1 Å². The number of aliphatic carboxylic acids is 1. The first-order chi connectivity index (χ1) is 15.8. The van der Waals surface area contributed by atoms with Crippen LogP contribution in [0.2, 0.25) is 0 Å². The van der Waals surface area contributed by atoms with Crippen LogP contribution < -0.4 is 21.1 Å². The average molecular weight is 489 g/mol. The predicted molar refractivity (Wildman–Crippen MR) is 128 cm³/mol. The van der Waals surface area contributed by atoms with Crippen LogP contribution in [0.5, 0.6) is 0 Å². The maximum Gasteiger partial charge on any atom is 0.319 e. The van der Waals surface area contributed by atoms with E-state index in [4.69, 9.17) is 5.73 Å². The average Bonchev–Trinajstić information content (AvgIpc) is 3.29. The van der Waals surface area contributed by atoms with Gasteiger partial charge in [0.05, 0.1) is 12.5 Å². The zero-order valence-electron chi connectivity index (χ0n) is 17.5. The van der Waals surface area contributed by atoms with E-state index in [2.05, 4.69) is 15.4 Å². The minimum absolute atomic E-state index is 0.0761. The van der Waals surface area contributed by atoms with Crippen molar-refractivity contribution >= 4 is 39.0 Å². The molecule has 0 bridgehead atoms. The third-order valence-electron chi connectivity index (χ3n) is 4.58. The Kier molecular flexibility index (Phi) is 8.17. The highest BCUT2D eigenvalue weighted by Gasteiger charge is 2.25. The van der Waals surface area contributed by atoms with Gasteiger partial charge in [-0.15, -0.1) is 11.3 Å². The minimum atomic E-state index is -3.94. The molecule has 2 amide bonds. The normalized spacial score (nSPS) is 12.2. The lowest BCUT2D eigenvalue weighted by atomic mass is 10.1. The third-order valence-corrected chi connectivity index (χ3v) is 7.68. The van der Waals surface area contributed by atoms with Gasteiger partial charge >= 0.3 is 12.0 Å². The van der Waals surface area contributed by atoms with Crippen LogP contribution in [0.25, 0.3) is 10.4 Å². The Morgan fingerprint density at radius 2 is 1.70 bits per heavy atom. The summed E-state index contributed by atoms with van der Waals surface area (Å²) in [4.78, 5) is 23.7. The molecule has 0 saturated carbocycles. The zero-order valence-corrected chi connectivity index (χ0v) is 19.2. The molecule has 1 unspecified atom stereocenters. The van der Waals surface area contributed by atoms with E-state index in [0.717, 1.165) is 16.9 Å². The molecule has 1 atom stereocenters. The number of nitrogens with one attached hydrogen (secondary N) is 3. The number of rotatable bonds is 10. The molecule has 9 nitrogen and oxygen atoms in total. The van der Waals surface area contributed by atoms with Gasteiger partial charge in [-0.25, -0.2) is 17.9 Å². The molecule has 0 spiro atoms. The molecule has 0 saturated heterocycles. The number of carbonyl (C=O) groups excluding carboxylic acids is 1. The van der Waals surface area contributed by atoms with Crippen molar-refractivity contribution in [1.82, 2.24) is 10.0 Å². The molecule has 0 aliphatic carbocycles. The van der Waals surface area contributed by atoms with E-state index in [1.54, 1.807) is 60.7 Å². The Bertz CT molecular complexity index is 1200. The van der Waals surface area contributed by atoms with E-state index in [0.29, 0.717) is 29.2 Å². The van der Waals surface area contributed by atoms with Gasteiger partial charge in [0.1, 0.15) is 4.21 Å². The van der Waals surface area contributed by atoms with Gasteiger partial charge in [-0.3, -0.25) is 4.79 Å². The Morgan fingerprint density at radius 1 is 1.00 bits per heavy atom. The van der Waals surface area contributed by atoms with Crippen LogP contribution in [-0.4, -0.2) is 38.6 Å². The van der Waals surface area contributed by atoms with Crippen molar-refractivity contribution in [1.29, 1.82) is 0 Å². The largest absolute Gasteiger partial charge is 0.481 e. The molecular weight excluding hydrogens is 464 g/mol. The lowest BCUT2D eigenvalue weighted by molar-refractivity contribution is -0.137. The second-order valence-electron chi connectivity index (χ2n) is 7.05. The van der Waals surface area contributed by atoms with E-state index < -0.39 is 22.0 Å². The van der Waals surface area contributed by atoms with Crippen molar-refractivity contribution in [2.24, 2.45) is 5.73 Å². The molecule has 33 heavy (non-hydrogen) atoms. The topological polar surface area (TPSA) is 151 Å². The maximum atomic E-state index is 12.9. The van der Waals surface area contributed by atoms with Gasteiger partial charge in [0, 0.05) is 23.7 Å². The summed E-state index contributed by atoms with van der Waals surface area (Å²) >= 11 is 1.07. The number of urea groups is 1. The van der Waals surface area contributed by atoms with Crippen LogP contribution in [0.15, 0.2) is 70.9 Å². The number of amides is 2. The van der Waals surface area contributed by atoms with Crippen LogP contribution in [0.4, 0.5) is 10.5 Å². The minimum Gasteiger partial charge on any atom is -0.481 e. The number of sulfonamides is 1. The van der Waals surface area contributed by atoms with Crippen molar-refractivity contribution in [2.75, 3.05) is 18.4 Å². The first-order valence-electron chi connectivity index (χ1n) is 10.0. The third kappa shape index (κ3) is 6.86. The van der Waals surface area contributed by atoms with Crippen LogP contribution in [0.1, 0.15) is 18.0 Å². The molecule has 0 aliphatic rings. The highest BCUT2D eigenvalue weighted by Crippen LogP contribution is 2.32. The monoisotopic (exact) mass is 488 g/mol. The van der Waals surface area contributed by atoms with Gasteiger partial charge < -0.3 is 21.5 Å². The van der Waals surface area contributed by atoms with Crippen LogP contribution >= 0.6 is 11.3 Å². The van der Waals surface area contributed by atoms with Gasteiger partial charge in [-0.2, -0.15) is 0 Å². The number of hydrogen-bond acceptors (Lipinski definition) is 6. The summed E-state index contributed by atoms with van der Waals surface area (Å²) in [6.07, 6.45) is -0.380. The molecule has 11 heteroatoms. The molecule has 6 N–H and O–H groups in total. The van der Waals surface area contributed by atoms with E-state index in [9.17, 15) is 23.1 Å². The van der Waals surface area contributed by atoms with Crippen molar-refractivity contribution in [3.63, 3.8) is 0 Å². The number of carboxylic acid groups (broad SMARTS) is 1. The van der Waals surface area contributed by atoms with Crippen molar-refractivity contribution in [3.05, 3.63) is 72.3 Å². The quantitative estimate of drug-likeness (QED) is 0.296. The molecule has 1 aromatic heterocycles. The number of hydrogen-bond donors (Lipinski definition) is 5. The molecular formula is C22H24N4O5S2. The first kappa shape index (κ1) is 24.4. The highest BCUT2D eigenvalue weighted by atomic mass is 32.2. The zero-order chi connectivity index (χ0) is 23.8. The molecule has 0 radical (unpaired) electrons. The maximum absolute atomic E-state index is 12.9. The molecule has 3 aromatic rings. The van der Waals surface area contributed by atoms with Gasteiger partial charge in [0.2, 0.25) is 0 Å². The second-order valence-corrected chi connectivity index (χ2v) is 10.1. The van der Waals surface area contributed by atoms with Crippen LogP contribution in [-0.2, 0) is 14.8 Å². The van der Waals surface area contributed by atoms with Gasteiger partial charge in [0.25, 0.3) is 10.0 Å². The molecule has 1 heterocycles. The van der Waals surface area contributed by atoms with Gasteiger partial charge in [0.15, 0.2) is 0 Å². The second kappa shape index (κ2) is 11.1. The van der Waals surface area contributed by atoms with Crippen molar-refractivity contribution in [2.45, 2.75) is 16.7 Å². The summed E-state index contributed by atoms with van der Waals surface area (Å²) in [5.41, 5.74) is 7.28. The Labute approximate surface area is 195 Å². The van der Waals surface area contributed by atoms with Crippen LogP contribution in [0, 0.1) is 0 Å². The molecule has 3 rings (SSSR count). The number of nitrogens with two attached hydrogens (primary N) is 1. The van der Waals surface area contributed by atoms with E-state index >= 15 is 0 Å². The number of carboxylic acids is 1. The Morgan fingerprint density at radius 3 is 2.33 bits per heavy atom. The summed E-state index contributed by atoms with van der Waals surface area (Å²) in [6, 6.07) is 17.5. The Balaban J connectivity index is 1.74. The Hall–Kier alpha value is -3.25. The fraction of sp³-hybridized carbons (Fsp3) is 0.182. The molecule has 2 aromatic carbocycles. The molecule has 0 fully saturated rings. The molecule has 0 aliphatic heterocycles. The van der Waals surface area contributed by atoms with Gasteiger partial charge in [-0.1, -0.05) is 42.5 Å². The number of anilines is 1. The predicted octanol–water partition coefficient (Wildman–Crippen LogP) is 2.99. The summed E-state index contributed by atoms with van der Waals surface area (Å²) in [5, 5.41) is 14.5. The smallest absolute Gasteiger partial charge is 0.319 e. The van der Waals surface area contributed by atoms with Crippen LogP contribution in [0.3, 0.4) is 0 Å². The number of benzene rings is 2. The van der Waals surface area contributed by atoms with Gasteiger partial charge in [-0.05, 0) is 35.4 Å². The summed E-state index contributed by atoms with van der Waals surface area (Å²) in [5.74, 6) is -1.11. The number of thiophene rings is 1. The fourth-order valence-corrected chi connectivity index (χ4v) is 5.58. The van der Waals surface area contributed by atoms with E-state index in [-0.39, 0.29) is 16.7 Å². The lowest BCUT2D eigenvalue weighted by Crippen LogP contribution is -2.32. The summed E-state index contributed by atoms with van der Waals surface area (Å²) in [7, 11) is -3.94. The van der Waals surface area contributed by atoms with E-state index in [1.807, 2.05) is 0 Å².